The van der Waals surface area contributed by atoms with Gasteiger partial charge < -0.3 is 10.4 Å². The highest BCUT2D eigenvalue weighted by Crippen LogP contribution is 2.29. The van der Waals surface area contributed by atoms with Gasteiger partial charge in [0.05, 0.1) is 10.6 Å². The van der Waals surface area contributed by atoms with Crippen LogP contribution >= 0.6 is 0 Å². The van der Waals surface area contributed by atoms with Crippen molar-refractivity contribution in [2.24, 2.45) is 0 Å². The van der Waals surface area contributed by atoms with Crippen LogP contribution in [-0.4, -0.2) is 32.4 Å². The number of hydrogen-bond acceptors (Lipinski definition) is 7. The molecule has 1 aromatic heterocycles. The van der Waals surface area contributed by atoms with Crippen LogP contribution in [0.5, 0.6) is 0 Å². The molecule has 2 aromatic rings. The molecule has 0 aliphatic carbocycles. The van der Waals surface area contributed by atoms with Crippen LogP contribution in [0.15, 0.2) is 16.8 Å². The van der Waals surface area contributed by atoms with Crippen molar-refractivity contribution in [1.82, 2.24) is 10.3 Å². The molecule has 2 N–H and O–H groups in total. The average molecular weight is 280 g/mol. The monoisotopic (exact) mass is 280 g/mol. The number of nitro groups is 1. The lowest BCUT2D eigenvalue weighted by molar-refractivity contribution is -0.383. The Hall–Kier alpha value is -2.71. The Morgan fingerprint density at radius 1 is 1.50 bits per heavy atom. The lowest BCUT2D eigenvalue weighted by Crippen LogP contribution is -2.16. The quantitative estimate of drug-likeness (QED) is 0.604. The maximum atomic E-state index is 10.8. The number of aromatic nitrogens is 2. The Kier molecular flexibility index (Phi) is 3.78. The number of anilines is 1. The van der Waals surface area contributed by atoms with Crippen molar-refractivity contribution < 1.29 is 19.5 Å². The average Bonchev–Trinajstić information content (AvgIpc) is 2.85. The summed E-state index contributed by atoms with van der Waals surface area (Å²) in [6.07, 6.45) is 0.445. The number of benzene rings is 1. The number of fused-ring (bicyclic) bond motifs is 1. The van der Waals surface area contributed by atoms with Crippen LogP contribution < -0.4 is 5.32 Å². The molecule has 0 saturated heterocycles. The first kappa shape index (κ1) is 13.7. The van der Waals surface area contributed by atoms with Gasteiger partial charge in [-0.05, 0) is 29.7 Å². The molecule has 106 valence electrons. The van der Waals surface area contributed by atoms with Crippen LogP contribution in [0.25, 0.3) is 11.0 Å². The van der Waals surface area contributed by atoms with Crippen molar-refractivity contribution in [3.8, 4) is 0 Å². The number of rotatable bonds is 6. The number of carbonyl (C=O) groups is 1. The molecule has 0 saturated carbocycles. The van der Waals surface area contributed by atoms with Crippen LogP contribution in [0.4, 0.5) is 11.4 Å². The largest absolute Gasteiger partial charge is 0.481 e. The van der Waals surface area contributed by atoms with Gasteiger partial charge in [0.1, 0.15) is 0 Å². The van der Waals surface area contributed by atoms with Gasteiger partial charge in [-0.1, -0.05) is 0 Å². The van der Waals surface area contributed by atoms with Gasteiger partial charge in [0.2, 0.25) is 5.52 Å². The van der Waals surface area contributed by atoms with Crippen LogP contribution in [-0.2, 0) is 4.79 Å². The fourth-order valence-corrected chi connectivity index (χ4v) is 1.79. The van der Waals surface area contributed by atoms with E-state index in [4.69, 9.17) is 5.11 Å². The Balaban J connectivity index is 2.23. The van der Waals surface area contributed by atoms with Crippen LogP contribution in [0.2, 0.25) is 0 Å². The molecule has 1 aromatic carbocycles. The highest BCUT2D eigenvalue weighted by atomic mass is 16.6. The second kappa shape index (κ2) is 5.51. The van der Waals surface area contributed by atoms with Gasteiger partial charge in [-0.3, -0.25) is 14.9 Å². The van der Waals surface area contributed by atoms with E-state index in [0.717, 1.165) is 0 Å². The maximum absolute atomic E-state index is 10.8. The van der Waals surface area contributed by atoms with Crippen LogP contribution in [0.3, 0.4) is 0 Å². The number of carboxylic acids is 1. The maximum Gasteiger partial charge on any atom is 0.303 e. The zero-order valence-electron chi connectivity index (χ0n) is 10.6. The zero-order valence-corrected chi connectivity index (χ0v) is 10.6. The molecule has 0 aliphatic rings. The van der Waals surface area contributed by atoms with Crippen molar-refractivity contribution in [1.29, 1.82) is 0 Å². The van der Waals surface area contributed by atoms with Crippen molar-refractivity contribution in [2.75, 3.05) is 5.32 Å². The molecule has 0 spiro atoms. The Morgan fingerprint density at radius 3 is 2.85 bits per heavy atom. The predicted molar refractivity (Wildman–Crippen MR) is 68.4 cm³/mol. The number of carboxylic acid groups (broad SMARTS) is 1. The Bertz CT molecular complexity index is 653. The van der Waals surface area contributed by atoms with E-state index in [1.807, 2.05) is 6.92 Å². The predicted octanol–water partition coefficient (Wildman–Crippen LogP) is 1.80. The molecule has 0 bridgehead atoms. The number of nitrogens with zero attached hydrogens (tertiary/aromatic N) is 3. The molecule has 2 rings (SSSR count). The van der Waals surface area contributed by atoms with E-state index in [1.54, 1.807) is 0 Å². The number of nitrogens with one attached hydrogen (secondary N) is 1. The molecule has 0 amide bonds. The first-order valence-corrected chi connectivity index (χ1v) is 5.87. The fourth-order valence-electron chi connectivity index (χ4n) is 1.79. The summed E-state index contributed by atoms with van der Waals surface area (Å²) in [5.41, 5.74) is 0.640. The molecule has 0 fully saturated rings. The molecule has 0 radical (unpaired) electrons. The summed E-state index contributed by atoms with van der Waals surface area (Å²) in [7, 11) is 0. The minimum atomic E-state index is -0.879. The molecule has 1 unspecified atom stereocenters. The molecular weight excluding hydrogens is 268 g/mol. The summed E-state index contributed by atoms with van der Waals surface area (Å²) in [6.45, 7) is 1.81. The standard InChI is InChI=1S/C11H12N4O5/c1-6(2-5-9(16)17)12-7-3-4-8(15(18)19)11-10(7)13-20-14-11/h3-4,6,12H,2,5H2,1H3,(H,16,17). The topological polar surface area (TPSA) is 131 Å². The van der Waals surface area contributed by atoms with E-state index >= 15 is 0 Å². The fraction of sp³-hybridized carbons (Fsp3) is 0.364. The van der Waals surface area contributed by atoms with Gasteiger partial charge >= 0.3 is 11.7 Å². The zero-order chi connectivity index (χ0) is 14.7. The summed E-state index contributed by atoms with van der Waals surface area (Å²) < 4.78 is 4.54. The van der Waals surface area contributed by atoms with Crippen molar-refractivity contribution in [2.45, 2.75) is 25.8 Å². The Labute approximate surface area is 112 Å². The second-order valence-electron chi connectivity index (χ2n) is 4.33. The van der Waals surface area contributed by atoms with Gasteiger partial charge in [-0.15, -0.1) is 0 Å². The third-order valence-electron chi connectivity index (χ3n) is 2.78. The van der Waals surface area contributed by atoms with E-state index in [9.17, 15) is 14.9 Å². The minimum Gasteiger partial charge on any atom is -0.481 e. The van der Waals surface area contributed by atoms with E-state index in [0.29, 0.717) is 12.1 Å². The van der Waals surface area contributed by atoms with Gasteiger partial charge in [-0.2, -0.15) is 0 Å². The third-order valence-corrected chi connectivity index (χ3v) is 2.78. The lowest BCUT2D eigenvalue weighted by Gasteiger charge is -2.13. The number of nitro benzene ring substituents is 1. The Morgan fingerprint density at radius 2 is 2.20 bits per heavy atom. The molecule has 1 heterocycles. The van der Waals surface area contributed by atoms with E-state index in [-0.39, 0.29) is 29.2 Å². The molecule has 0 aliphatic heterocycles. The van der Waals surface area contributed by atoms with Gasteiger partial charge in [0.15, 0.2) is 5.52 Å². The first-order chi connectivity index (χ1) is 9.49. The summed E-state index contributed by atoms with van der Waals surface area (Å²) in [4.78, 5) is 20.8. The molecule has 9 heteroatoms. The SMILES string of the molecule is CC(CCC(=O)O)Nc1ccc([N+](=O)[O-])c2nonc12. The molecular formula is C11H12N4O5. The highest BCUT2D eigenvalue weighted by molar-refractivity contribution is 5.93. The van der Waals surface area contributed by atoms with Gasteiger partial charge in [-0.25, -0.2) is 4.63 Å². The van der Waals surface area contributed by atoms with Gasteiger partial charge in [0.25, 0.3) is 0 Å². The van der Waals surface area contributed by atoms with Crippen molar-refractivity contribution >= 4 is 28.4 Å². The number of non-ortho nitro benzene ring substituents is 1. The van der Waals surface area contributed by atoms with Gasteiger partial charge in [0, 0.05) is 18.5 Å². The molecule has 1 atom stereocenters. The van der Waals surface area contributed by atoms with Crippen LogP contribution in [0.1, 0.15) is 19.8 Å². The van der Waals surface area contributed by atoms with Crippen molar-refractivity contribution in [3.05, 3.63) is 22.2 Å². The summed E-state index contributed by atoms with van der Waals surface area (Å²) in [5.74, 6) is -0.879. The number of hydrogen-bond donors (Lipinski definition) is 2. The van der Waals surface area contributed by atoms with E-state index < -0.39 is 10.9 Å². The number of aliphatic carboxylic acids is 1. The minimum absolute atomic E-state index is 0.0291. The first-order valence-electron chi connectivity index (χ1n) is 5.87. The summed E-state index contributed by atoms with van der Waals surface area (Å²) in [6, 6.07) is 2.67. The summed E-state index contributed by atoms with van der Waals surface area (Å²) >= 11 is 0. The smallest absolute Gasteiger partial charge is 0.303 e. The van der Waals surface area contributed by atoms with Crippen molar-refractivity contribution in [3.63, 3.8) is 0 Å². The normalized spacial score (nSPS) is 12.2. The van der Waals surface area contributed by atoms with E-state index in [2.05, 4.69) is 20.3 Å². The highest BCUT2D eigenvalue weighted by Gasteiger charge is 2.20. The molecule has 9 nitrogen and oxygen atoms in total. The second-order valence-corrected chi connectivity index (χ2v) is 4.33. The van der Waals surface area contributed by atoms with Crippen LogP contribution in [0, 0.1) is 10.1 Å². The third kappa shape index (κ3) is 2.82. The van der Waals surface area contributed by atoms with E-state index in [1.165, 1.54) is 12.1 Å². The summed E-state index contributed by atoms with van der Waals surface area (Å²) in [5, 5.41) is 29.7. The molecule has 20 heavy (non-hydrogen) atoms. The lowest BCUT2D eigenvalue weighted by atomic mass is 10.1.